The number of thiophene rings is 1. The zero-order valence-electron chi connectivity index (χ0n) is 16.9. The predicted molar refractivity (Wildman–Crippen MR) is 118 cm³/mol. The summed E-state index contributed by atoms with van der Waals surface area (Å²) in [6.45, 7) is 4.71. The van der Waals surface area contributed by atoms with E-state index < -0.39 is 0 Å². The van der Waals surface area contributed by atoms with Gasteiger partial charge in [-0.3, -0.25) is 9.69 Å². The Hall–Kier alpha value is -2.56. The third-order valence-electron chi connectivity index (χ3n) is 5.21. The number of piperazine rings is 1. The zero-order valence-corrected chi connectivity index (χ0v) is 18.5. The van der Waals surface area contributed by atoms with Gasteiger partial charge in [0.1, 0.15) is 13.2 Å². The summed E-state index contributed by atoms with van der Waals surface area (Å²) < 4.78 is 16.5. The number of fused-ring (bicyclic) bond motifs is 1. The normalized spacial score (nSPS) is 16.5. The average Bonchev–Trinajstić information content (AvgIpc) is 3.50. The number of hydrogen-bond acceptors (Lipinski definition) is 9. The molecular formula is C21H22N4O4S2. The average molecular weight is 459 g/mol. The van der Waals surface area contributed by atoms with E-state index in [1.165, 1.54) is 11.8 Å². The largest absolute Gasteiger partial charge is 0.486 e. The number of rotatable bonds is 6. The van der Waals surface area contributed by atoms with Gasteiger partial charge in [-0.05, 0) is 29.6 Å². The lowest BCUT2D eigenvalue weighted by Gasteiger charge is -2.33. The summed E-state index contributed by atoms with van der Waals surface area (Å²) in [5.41, 5.74) is 0.978. The number of hydrogen-bond donors (Lipinski definition) is 0. The van der Waals surface area contributed by atoms with Crippen LogP contribution in [0.15, 0.2) is 44.4 Å². The van der Waals surface area contributed by atoms with Crippen LogP contribution in [0.3, 0.4) is 0 Å². The van der Waals surface area contributed by atoms with E-state index >= 15 is 0 Å². The summed E-state index contributed by atoms with van der Waals surface area (Å²) in [7, 11) is 0. The molecule has 0 N–H and O–H groups in total. The van der Waals surface area contributed by atoms with Gasteiger partial charge in [-0.15, -0.1) is 11.8 Å². The van der Waals surface area contributed by atoms with Crippen LogP contribution < -0.4 is 9.47 Å². The van der Waals surface area contributed by atoms with Gasteiger partial charge in [0.25, 0.3) is 0 Å². The van der Waals surface area contributed by atoms with Crippen LogP contribution in [0.4, 0.5) is 0 Å². The summed E-state index contributed by atoms with van der Waals surface area (Å²) in [6, 6.07) is 7.80. The first-order valence-electron chi connectivity index (χ1n) is 10.1. The lowest BCUT2D eigenvalue weighted by molar-refractivity contribution is -0.130. The second kappa shape index (κ2) is 9.29. The first-order chi connectivity index (χ1) is 15.2. The fraction of sp³-hybridized carbons (Fsp3) is 0.381. The molecule has 162 valence electrons. The zero-order chi connectivity index (χ0) is 21.0. The molecule has 0 aliphatic carbocycles. The summed E-state index contributed by atoms with van der Waals surface area (Å²) in [5, 5.41) is 8.05. The van der Waals surface area contributed by atoms with Gasteiger partial charge in [-0.1, -0.05) is 5.16 Å². The molecule has 2 aliphatic rings. The number of nitrogens with zero attached hydrogens (tertiary/aromatic N) is 4. The lowest BCUT2D eigenvalue weighted by atomic mass is 10.3. The maximum atomic E-state index is 12.7. The van der Waals surface area contributed by atoms with Crippen molar-refractivity contribution in [3.63, 3.8) is 0 Å². The minimum Gasteiger partial charge on any atom is -0.486 e. The van der Waals surface area contributed by atoms with Crippen LogP contribution in [0.25, 0.3) is 11.4 Å². The van der Waals surface area contributed by atoms with Gasteiger partial charge in [-0.2, -0.15) is 16.3 Å². The number of ether oxygens (including phenoxy) is 2. The van der Waals surface area contributed by atoms with Crippen molar-refractivity contribution < 1.29 is 18.8 Å². The van der Waals surface area contributed by atoms with Crippen molar-refractivity contribution >= 4 is 29.0 Å². The van der Waals surface area contributed by atoms with E-state index in [0.717, 1.165) is 35.0 Å². The molecule has 4 heterocycles. The third kappa shape index (κ3) is 4.86. The molecule has 1 saturated heterocycles. The topological polar surface area (TPSA) is 80.9 Å². The first-order valence-corrected chi connectivity index (χ1v) is 12.1. The number of aromatic nitrogens is 2. The van der Waals surface area contributed by atoms with Gasteiger partial charge in [-0.25, -0.2) is 0 Å². The minimum atomic E-state index is 0.150. The van der Waals surface area contributed by atoms with Crippen molar-refractivity contribution in [1.29, 1.82) is 0 Å². The van der Waals surface area contributed by atoms with Crippen LogP contribution in [0.5, 0.6) is 11.5 Å². The lowest BCUT2D eigenvalue weighted by Crippen LogP contribution is -2.48. The monoisotopic (exact) mass is 458 g/mol. The number of benzene rings is 1. The van der Waals surface area contributed by atoms with Gasteiger partial charge < -0.3 is 18.9 Å². The fourth-order valence-electron chi connectivity index (χ4n) is 3.52. The Morgan fingerprint density at radius 3 is 2.74 bits per heavy atom. The van der Waals surface area contributed by atoms with Gasteiger partial charge in [0, 0.05) is 42.0 Å². The molecule has 0 unspecified atom stereocenters. The van der Waals surface area contributed by atoms with Crippen LogP contribution in [-0.2, 0) is 11.3 Å². The Morgan fingerprint density at radius 1 is 1.10 bits per heavy atom. The van der Waals surface area contributed by atoms with Crippen LogP contribution in [0.1, 0.15) is 5.89 Å². The van der Waals surface area contributed by atoms with Gasteiger partial charge in [0.05, 0.1) is 12.3 Å². The molecule has 0 saturated carbocycles. The van der Waals surface area contributed by atoms with Crippen LogP contribution in [-0.4, -0.2) is 71.0 Å². The highest BCUT2D eigenvalue weighted by Gasteiger charge is 2.23. The standard InChI is InChI=1S/C21H22N4O4S2/c26-20(14-31-16-1-2-17-18(11-16)28-9-8-27-17)25-6-4-24(5-7-25)12-19-22-21(23-29-19)15-3-10-30-13-15/h1-3,10-11,13H,4-9,12,14H2. The number of carbonyl (C=O) groups excluding carboxylic acids is 1. The van der Waals surface area contributed by atoms with E-state index in [1.54, 1.807) is 11.3 Å². The second-order valence-electron chi connectivity index (χ2n) is 7.27. The SMILES string of the molecule is O=C(CSc1ccc2c(c1)OCCO2)N1CCN(Cc2nc(-c3ccsc3)no2)CC1. The van der Waals surface area contributed by atoms with Crippen LogP contribution in [0.2, 0.25) is 0 Å². The van der Waals surface area contributed by atoms with Crippen LogP contribution in [0, 0.1) is 0 Å². The van der Waals surface area contributed by atoms with Gasteiger partial charge in [0.15, 0.2) is 11.5 Å². The molecule has 3 aromatic rings. The Bertz CT molecular complexity index is 1030. The summed E-state index contributed by atoms with van der Waals surface area (Å²) >= 11 is 3.13. The Labute approximate surface area is 188 Å². The molecule has 0 spiro atoms. The molecule has 1 fully saturated rings. The van der Waals surface area contributed by atoms with Gasteiger partial charge >= 0.3 is 0 Å². The quantitative estimate of drug-likeness (QED) is 0.522. The van der Waals surface area contributed by atoms with Crippen LogP contribution >= 0.6 is 23.1 Å². The molecule has 31 heavy (non-hydrogen) atoms. The Morgan fingerprint density at radius 2 is 1.94 bits per heavy atom. The van der Waals surface area contributed by atoms with E-state index in [9.17, 15) is 4.79 Å². The van der Waals surface area contributed by atoms with Crippen molar-refractivity contribution in [2.24, 2.45) is 0 Å². The molecule has 1 amide bonds. The summed E-state index contributed by atoms with van der Waals surface area (Å²) in [4.78, 5) is 22.3. The predicted octanol–water partition coefficient (Wildman–Crippen LogP) is 3.01. The van der Waals surface area contributed by atoms with Crippen molar-refractivity contribution in [2.45, 2.75) is 11.4 Å². The number of carbonyl (C=O) groups is 1. The molecule has 0 bridgehead atoms. The molecule has 2 aromatic heterocycles. The molecule has 2 aliphatic heterocycles. The highest BCUT2D eigenvalue weighted by atomic mass is 32.2. The molecule has 10 heteroatoms. The second-order valence-corrected chi connectivity index (χ2v) is 9.10. The molecule has 5 rings (SSSR count). The van der Waals surface area contributed by atoms with E-state index in [-0.39, 0.29) is 5.91 Å². The maximum absolute atomic E-state index is 12.7. The van der Waals surface area contributed by atoms with E-state index in [1.807, 2.05) is 39.9 Å². The van der Waals surface area contributed by atoms with E-state index in [2.05, 4.69) is 15.0 Å². The molecular weight excluding hydrogens is 436 g/mol. The first kappa shape index (κ1) is 20.3. The molecule has 0 radical (unpaired) electrons. The van der Waals surface area contributed by atoms with Crippen molar-refractivity contribution in [3.05, 3.63) is 40.9 Å². The molecule has 0 atom stereocenters. The maximum Gasteiger partial charge on any atom is 0.241 e. The molecule has 1 aromatic carbocycles. The van der Waals surface area contributed by atoms with E-state index in [4.69, 9.17) is 14.0 Å². The Balaban J connectivity index is 1.08. The summed E-state index contributed by atoms with van der Waals surface area (Å²) in [6.07, 6.45) is 0. The highest BCUT2D eigenvalue weighted by molar-refractivity contribution is 8.00. The summed E-state index contributed by atoms with van der Waals surface area (Å²) in [5.74, 6) is 3.31. The number of thioether (sulfide) groups is 1. The van der Waals surface area contributed by atoms with Gasteiger partial charge in [0.2, 0.25) is 17.6 Å². The minimum absolute atomic E-state index is 0.150. The number of amides is 1. The highest BCUT2D eigenvalue weighted by Crippen LogP contribution is 2.34. The fourth-order valence-corrected chi connectivity index (χ4v) is 4.99. The molecule has 8 nitrogen and oxygen atoms in total. The Kier molecular flexibility index (Phi) is 6.10. The van der Waals surface area contributed by atoms with Crippen molar-refractivity contribution in [2.75, 3.05) is 45.1 Å². The van der Waals surface area contributed by atoms with Crippen molar-refractivity contribution in [3.8, 4) is 22.9 Å². The van der Waals surface area contributed by atoms with Crippen molar-refractivity contribution in [1.82, 2.24) is 19.9 Å². The third-order valence-corrected chi connectivity index (χ3v) is 6.87. The smallest absolute Gasteiger partial charge is 0.241 e. The van der Waals surface area contributed by atoms with E-state index in [0.29, 0.717) is 50.3 Å².